The summed E-state index contributed by atoms with van der Waals surface area (Å²) in [6.07, 6.45) is 2.17. The lowest BCUT2D eigenvalue weighted by Gasteiger charge is -2.22. The largest absolute Gasteiger partial charge is 0.484 e. The molecule has 37 heavy (non-hydrogen) atoms. The van der Waals surface area contributed by atoms with E-state index in [0.29, 0.717) is 24.0 Å². The van der Waals surface area contributed by atoms with E-state index in [1.54, 1.807) is 24.3 Å². The number of benzene rings is 3. The molecule has 1 aliphatic heterocycles. The zero-order valence-electron chi connectivity index (χ0n) is 20.1. The number of aromatic nitrogens is 2. The van der Waals surface area contributed by atoms with Gasteiger partial charge in [0.2, 0.25) is 11.8 Å². The first-order valence-corrected chi connectivity index (χ1v) is 12.8. The second-order valence-corrected chi connectivity index (χ2v) is 9.54. The molecule has 0 bridgehead atoms. The normalized spacial score (nSPS) is 15.1. The van der Waals surface area contributed by atoms with E-state index in [1.807, 2.05) is 43.3 Å². The first-order valence-electron chi connectivity index (χ1n) is 12.0. The average Bonchev–Trinajstić information content (AvgIpc) is 3.57. The van der Waals surface area contributed by atoms with Gasteiger partial charge in [-0.1, -0.05) is 47.1 Å². The number of carbonyl (C=O) groups is 1. The van der Waals surface area contributed by atoms with Crippen LogP contribution in [0.3, 0.4) is 0 Å². The van der Waals surface area contributed by atoms with Crippen molar-refractivity contribution in [1.82, 2.24) is 15.2 Å². The Morgan fingerprint density at radius 2 is 1.73 bits per heavy atom. The summed E-state index contributed by atoms with van der Waals surface area (Å²) in [6.45, 7) is 1.85. The van der Waals surface area contributed by atoms with Crippen LogP contribution in [0.1, 0.15) is 42.8 Å². The summed E-state index contributed by atoms with van der Waals surface area (Å²) in [5.74, 6) is 0.946. The van der Waals surface area contributed by atoms with Crippen molar-refractivity contribution in [3.63, 3.8) is 0 Å². The van der Waals surface area contributed by atoms with Crippen molar-refractivity contribution in [2.75, 3.05) is 6.61 Å². The maximum atomic E-state index is 13.5. The fraction of sp³-hybridized carbons (Fsp3) is 0.214. The van der Waals surface area contributed by atoms with E-state index in [4.69, 9.17) is 9.15 Å². The Morgan fingerprint density at radius 3 is 2.43 bits per heavy atom. The molecule has 1 aliphatic rings. The van der Waals surface area contributed by atoms with Gasteiger partial charge in [0, 0.05) is 22.9 Å². The topological polar surface area (TPSA) is 80.8 Å². The monoisotopic (exact) mass is 562 g/mol. The molecule has 0 saturated heterocycles. The van der Waals surface area contributed by atoms with Crippen LogP contribution in [0.15, 0.2) is 86.8 Å². The summed E-state index contributed by atoms with van der Waals surface area (Å²) in [4.78, 5) is 13.2. The van der Waals surface area contributed by atoms with E-state index in [2.05, 4.69) is 31.2 Å². The van der Waals surface area contributed by atoms with Crippen molar-refractivity contribution in [3.8, 4) is 17.2 Å². The molecule has 9 heteroatoms. The lowest BCUT2D eigenvalue weighted by atomic mass is 9.98. The molecule has 1 atom stereocenters. The van der Waals surface area contributed by atoms with Crippen LogP contribution in [-0.4, -0.2) is 33.4 Å². The van der Waals surface area contributed by atoms with Gasteiger partial charge in [0.1, 0.15) is 11.6 Å². The standard InChI is InChI=1S/C28H24BrFN4O3/c1-2-3-26-31-32-28(37-26)20-8-14-23(15-9-20)36-17-27(35)34-25(19-6-12-22(30)13-7-19)16-24(33-34)18-4-10-21(29)11-5-18/h4-15,25H,2-3,16-17H2,1H3. The highest BCUT2D eigenvalue weighted by molar-refractivity contribution is 9.10. The van der Waals surface area contributed by atoms with Crippen molar-refractivity contribution >= 4 is 27.5 Å². The molecule has 1 unspecified atom stereocenters. The zero-order valence-corrected chi connectivity index (χ0v) is 21.7. The van der Waals surface area contributed by atoms with Crippen molar-refractivity contribution in [1.29, 1.82) is 0 Å². The van der Waals surface area contributed by atoms with Crippen LogP contribution in [0.5, 0.6) is 5.75 Å². The summed E-state index contributed by atoms with van der Waals surface area (Å²) in [7, 11) is 0. The van der Waals surface area contributed by atoms with Crippen LogP contribution in [0.4, 0.5) is 4.39 Å². The Balaban J connectivity index is 1.30. The number of hydrazone groups is 1. The number of ether oxygens (including phenoxy) is 1. The molecule has 0 radical (unpaired) electrons. The Hall–Kier alpha value is -3.85. The quantitative estimate of drug-likeness (QED) is 0.250. The molecule has 0 spiro atoms. The maximum Gasteiger partial charge on any atom is 0.281 e. The maximum absolute atomic E-state index is 13.5. The van der Waals surface area contributed by atoms with Gasteiger partial charge in [-0.15, -0.1) is 10.2 Å². The van der Waals surface area contributed by atoms with Gasteiger partial charge in [0.15, 0.2) is 6.61 Å². The number of amides is 1. The van der Waals surface area contributed by atoms with Gasteiger partial charge >= 0.3 is 0 Å². The van der Waals surface area contributed by atoms with Gasteiger partial charge in [-0.2, -0.15) is 5.10 Å². The van der Waals surface area contributed by atoms with Gasteiger partial charge in [-0.3, -0.25) is 4.79 Å². The van der Waals surface area contributed by atoms with E-state index >= 15 is 0 Å². The van der Waals surface area contributed by atoms with Crippen LogP contribution in [-0.2, 0) is 11.2 Å². The van der Waals surface area contributed by atoms with Crippen molar-refractivity contribution in [3.05, 3.63) is 100 Å². The molecule has 4 aromatic rings. The molecule has 7 nitrogen and oxygen atoms in total. The van der Waals surface area contributed by atoms with E-state index < -0.39 is 0 Å². The predicted octanol–water partition coefficient (Wildman–Crippen LogP) is 6.35. The highest BCUT2D eigenvalue weighted by Gasteiger charge is 2.33. The number of carbonyl (C=O) groups excluding carboxylic acids is 1. The molecule has 1 amide bonds. The number of hydrogen-bond donors (Lipinski definition) is 0. The molecule has 2 heterocycles. The first kappa shape index (κ1) is 24.8. The number of rotatable bonds is 8. The molecular formula is C28H24BrFN4O3. The van der Waals surface area contributed by atoms with Gasteiger partial charge < -0.3 is 9.15 Å². The summed E-state index contributed by atoms with van der Waals surface area (Å²) in [5.41, 5.74) is 3.27. The predicted molar refractivity (Wildman–Crippen MR) is 141 cm³/mol. The summed E-state index contributed by atoms with van der Waals surface area (Å²) in [6, 6.07) is 20.7. The average molecular weight is 563 g/mol. The third kappa shape index (κ3) is 5.77. The molecule has 3 aromatic carbocycles. The Morgan fingerprint density at radius 1 is 1.03 bits per heavy atom. The van der Waals surface area contributed by atoms with Crippen LogP contribution in [0.2, 0.25) is 0 Å². The third-order valence-corrected chi connectivity index (χ3v) is 6.52. The van der Waals surface area contributed by atoms with Gasteiger partial charge in [-0.25, -0.2) is 9.40 Å². The number of halogens is 2. The molecule has 0 fully saturated rings. The molecule has 0 saturated carbocycles. The van der Waals surface area contributed by atoms with Crippen LogP contribution >= 0.6 is 15.9 Å². The van der Waals surface area contributed by atoms with Crippen LogP contribution in [0.25, 0.3) is 11.5 Å². The van der Waals surface area contributed by atoms with E-state index in [-0.39, 0.29) is 24.4 Å². The summed E-state index contributed by atoms with van der Waals surface area (Å²) >= 11 is 3.44. The van der Waals surface area contributed by atoms with Crippen molar-refractivity contribution in [2.24, 2.45) is 5.10 Å². The number of hydrogen-bond acceptors (Lipinski definition) is 6. The highest BCUT2D eigenvalue weighted by Crippen LogP contribution is 2.33. The minimum Gasteiger partial charge on any atom is -0.484 e. The SMILES string of the molecule is CCCc1nnc(-c2ccc(OCC(=O)N3N=C(c4ccc(Br)cc4)CC3c3ccc(F)cc3)cc2)o1. The Kier molecular flexibility index (Phi) is 7.41. The molecular weight excluding hydrogens is 539 g/mol. The number of aryl methyl sites for hydroxylation is 1. The summed E-state index contributed by atoms with van der Waals surface area (Å²) < 4.78 is 25.9. The lowest BCUT2D eigenvalue weighted by Crippen LogP contribution is -2.31. The highest BCUT2D eigenvalue weighted by atomic mass is 79.9. The fourth-order valence-corrected chi connectivity index (χ4v) is 4.36. The van der Waals surface area contributed by atoms with E-state index in [0.717, 1.165) is 39.7 Å². The third-order valence-electron chi connectivity index (χ3n) is 5.99. The van der Waals surface area contributed by atoms with Crippen molar-refractivity contribution < 1.29 is 18.3 Å². The van der Waals surface area contributed by atoms with Gasteiger partial charge in [0.05, 0.1) is 11.8 Å². The summed E-state index contributed by atoms with van der Waals surface area (Å²) in [5, 5.41) is 14.2. The molecule has 1 aromatic heterocycles. The van der Waals surface area contributed by atoms with Crippen molar-refractivity contribution in [2.45, 2.75) is 32.2 Å². The lowest BCUT2D eigenvalue weighted by molar-refractivity contribution is -0.135. The van der Waals surface area contributed by atoms with Crippen LogP contribution in [0, 0.1) is 5.82 Å². The minimum absolute atomic E-state index is 0.199. The molecule has 0 N–H and O–H groups in total. The second-order valence-electron chi connectivity index (χ2n) is 8.63. The minimum atomic E-state index is -0.354. The Bertz CT molecular complexity index is 1400. The zero-order chi connectivity index (χ0) is 25.8. The smallest absolute Gasteiger partial charge is 0.281 e. The molecule has 0 aliphatic carbocycles. The second kappa shape index (κ2) is 11.0. The van der Waals surface area contributed by atoms with Gasteiger partial charge in [0.25, 0.3) is 5.91 Å². The fourth-order valence-electron chi connectivity index (χ4n) is 4.09. The van der Waals surface area contributed by atoms with Crippen LogP contribution < -0.4 is 4.74 Å². The molecule has 5 rings (SSSR count). The Labute approximate surface area is 222 Å². The van der Waals surface area contributed by atoms with E-state index in [9.17, 15) is 9.18 Å². The van der Waals surface area contributed by atoms with E-state index in [1.165, 1.54) is 17.1 Å². The first-order chi connectivity index (χ1) is 18.0. The molecule has 188 valence electrons. The number of nitrogens with zero attached hydrogens (tertiary/aromatic N) is 4. The van der Waals surface area contributed by atoms with Gasteiger partial charge in [-0.05, 0) is 66.1 Å².